The molecule has 2 aliphatic heterocycles. The van der Waals surface area contributed by atoms with E-state index in [1.165, 1.54) is 26.2 Å². The molecule has 1 saturated heterocycles. The number of H-pyrrole nitrogens is 1. The SMILES string of the molecule is COC(=O)c1ccc(C2c3[nH]c4ccccc4c3CC3C(=O)N(c4cc(OC)ccc4OC)C(=O)N32)cc1. The molecule has 1 aromatic heterocycles. The first-order valence-electron chi connectivity index (χ1n) is 12.1. The van der Waals surface area contributed by atoms with Gasteiger partial charge in [-0.25, -0.2) is 14.5 Å². The number of amides is 3. The largest absolute Gasteiger partial charge is 0.497 e. The number of rotatable bonds is 5. The Hall–Kier alpha value is -4.79. The molecule has 0 bridgehead atoms. The number of aromatic nitrogens is 1. The van der Waals surface area contributed by atoms with E-state index in [1.807, 2.05) is 24.3 Å². The number of methoxy groups -OCH3 is 3. The summed E-state index contributed by atoms with van der Waals surface area (Å²) in [5.74, 6) is 0.0921. The van der Waals surface area contributed by atoms with Gasteiger partial charge in [-0.2, -0.15) is 0 Å². The Kier molecular flexibility index (Phi) is 5.56. The van der Waals surface area contributed by atoms with Crippen molar-refractivity contribution in [3.8, 4) is 11.5 Å². The van der Waals surface area contributed by atoms with Crippen molar-refractivity contribution in [3.05, 3.63) is 89.1 Å². The smallest absolute Gasteiger partial charge is 0.337 e. The van der Waals surface area contributed by atoms with Crippen molar-refractivity contribution in [2.24, 2.45) is 0 Å². The number of carbonyl (C=O) groups is 3. The molecule has 9 nitrogen and oxygen atoms in total. The molecule has 1 N–H and O–H groups in total. The zero-order valence-electron chi connectivity index (χ0n) is 21.1. The van der Waals surface area contributed by atoms with Gasteiger partial charge in [-0.1, -0.05) is 30.3 Å². The minimum atomic E-state index is -0.726. The third kappa shape index (κ3) is 3.42. The molecule has 4 aromatic rings. The molecule has 1 fully saturated rings. The Labute approximate surface area is 218 Å². The summed E-state index contributed by atoms with van der Waals surface area (Å²) in [5.41, 5.74) is 4.24. The molecule has 0 spiro atoms. The Bertz CT molecular complexity index is 1590. The molecule has 3 heterocycles. The highest BCUT2D eigenvalue weighted by molar-refractivity contribution is 6.22. The van der Waals surface area contributed by atoms with Crippen LogP contribution in [0.1, 0.15) is 33.2 Å². The molecule has 3 amide bonds. The number of esters is 1. The van der Waals surface area contributed by atoms with Crippen molar-refractivity contribution in [3.63, 3.8) is 0 Å². The minimum Gasteiger partial charge on any atom is -0.497 e. The van der Waals surface area contributed by atoms with Crippen molar-refractivity contribution in [1.29, 1.82) is 0 Å². The van der Waals surface area contributed by atoms with Crippen molar-refractivity contribution in [2.45, 2.75) is 18.5 Å². The highest BCUT2D eigenvalue weighted by Gasteiger charge is 2.53. The Morgan fingerprint density at radius 1 is 0.947 bits per heavy atom. The second-order valence-electron chi connectivity index (χ2n) is 9.20. The summed E-state index contributed by atoms with van der Waals surface area (Å²) < 4.78 is 15.7. The second-order valence-corrected chi connectivity index (χ2v) is 9.20. The van der Waals surface area contributed by atoms with Crippen LogP contribution in [0.3, 0.4) is 0 Å². The van der Waals surface area contributed by atoms with Gasteiger partial charge in [0.05, 0.1) is 32.6 Å². The van der Waals surface area contributed by atoms with Gasteiger partial charge in [0, 0.05) is 29.1 Å². The maximum absolute atomic E-state index is 14.1. The fraction of sp³-hybridized carbons (Fsp3) is 0.207. The van der Waals surface area contributed by atoms with E-state index < -0.39 is 24.1 Å². The van der Waals surface area contributed by atoms with Gasteiger partial charge in [0.1, 0.15) is 23.6 Å². The standard InChI is InChI=1S/C29H25N3O6/c1-36-18-12-13-24(37-2)22(14-18)32-27(33)23-15-20-19-6-4-5-7-21(19)30-25(20)26(31(23)29(32)35)16-8-10-17(11-9-16)28(34)38-3/h4-14,23,26,30H,15H2,1-3H3. The maximum Gasteiger partial charge on any atom is 0.337 e. The van der Waals surface area contributed by atoms with Gasteiger partial charge in [0.25, 0.3) is 5.91 Å². The van der Waals surface area contributed by atoms with Crippen molar-refractivity contribution in [2.75, 3.05) is 26.2 Å². The molecule has 0 saturated carbocycles. The Morgan fingerprint density at radius 2 is 1.71 bits per heavy atom. The van der Waals surface area contributed by atoms with E-state index in [0.717, 1.165) is 27.7 Å². The number of hydrogen-bond acceptors (Lipinski definition) is 6. The van der Waals surface area contributed by atoms with Crippen LogP contribution in [0.25, 0.3) is 10.9 Å². The summed E-state index contributed by atoms with van der Waals surface area (Å²) in [6.07, 6.45) is 0.365. The third-order valence-corrected chi connectivity index (χ3v) is 7.32. The summed E-state index contributed by atoms with van der Waals surface area (Å²) in [4.78, 5) is 46.4. The number of aromatic amines is 1. The topological polar surface area (TPSA) is 101 Å². The van der Waals surface area contributed by atoms with Gasteiger partial charge in [0.2, 0.25) is 0 Å². The van der Waals surface area contributed by atoms with Crippen LogP contribution < -0.4 is 14.4 Å². The average molecular weight is 512 g/mol. The van der Waals surface area contributed by atoms with Gasteiger partial charge in [-0.05, 0) is 41.5 Å². The highest BCUT2D eigenvalue weighted by Crippen LogP contribution is 2.46. The lowest BCUT2D eigenvalue weighted by atomic mass is 9.88. The normalized spacial score (nSPS) is 18.4. The highest BCUT2D eigenvalue weighted by atomic mass is 16.5. The number of benzene rings is 3. The van der Waals surface area contributed by atoms with Gasteiger partial charge < -0.3 is 19.2 Å². The summed E-state index contributed by atoms with van der Waals surface area (Å²) in [5, 5.41) is 1.01. The van der Waals surface area contributed by atoms with Crippen LogP contribution in [-0.2, 0) is 16.0 Å². The van der Waals surface area contributed by atoms with Crippen LogP contribution in [0.4, 0.5) is 10.5 Å². The number of hydrogen-bond donors (Lipinski definition) is 1. The number of urea groups is 1. The number of imide groups is 1. The van der Waals surface area contributed by atoms with E-state index in [4.69, 9.17) is 14.2 Å². The van der Waals surface area contributed by atoms with Crippen LogP contribution in [0.5, 0.6) is 11.5 Å². The maximum atomic E-state index is 14.1. The predicted octanol–water partition coefficient (Wildman–Crippen LogP) is 4.45. The van der Waals surface area contributed by atoms with Crippen LogP contribution in [0.2, 0.25) is 0 Å². The Morgan fingerprint density at radius 3 is 2.42 bits per heavy atom. The molecule has 2 atom stereocenters. The molecule has 9 heteroatoms. The van der Waals surface area contributed by atoms with Gasteiger partial charge in [-0.3, -0.25) is 9.69 Å². The fourth-order valence-electron chi connectivity index (χ4n) is 5.53. The first-order chi connectivity index (χ1) is 18.5. The molecule has 2 unspecified atom stereocenters. The van der Waals surface area contributed by atoms with Crippen LogP contribution >= 0.6 is 0 Å². The minimum absolute atomic E-state index is 0.324. The number of anilines is 1. The van der Waals surface area contributed by atoms with Crippen LogP contribution in [0.15, 0.2) is 66.7 Å². The second kappa shape index (κ2) is 8.95. The van der Waals surface area contributed by atoms with E-state index in [9.17, 15) is 14.4 Å². The summed E-state index contributed by atoms with van der Waals surface area (Å²) in [6, 6.07) is 18.1. The Balaban J connectivity index is 1.52. The molecule has 192 valence electrons. The zero-order valence-corrected chi connectivity index (χ0v) is 21.1. The van der Waals surface area contributed by atoms with Gasteiger partial charge in [-0.15, -0.1) is 0 Å². The van der Waals surface area contributed by atoms with Crippen molar-refractivity contribution >= 4 is 34.5 Å². The van der Waals surface area contributed by atoms with Crippen molar-refractivity contribution in [1.82, 2.24) is 9.88 Å². The molecule has 0 aliphatic carbocycles. The fourth-order valence-corrected chi connectivity index (χ4v) is 5.53. The molecule has 2 aliphatic rings. The first-order valence-corrected chi connectivity index (χ1v) is 12.1. The number of fused-ring (bicyclic) bond motifs is 4. The number of carbonyl (C=O) groups excluding carboxylic acids is 3. The van der Waals surface area contributed by atoms with Gasteiger partial charge in [0.15, 0.2) is 0 Å². The molecule has 3 aromatic carbocycles. The number of para-hydroxylation sites is 1. The van der Waals surface area contributed by atoms with E-state index in [2.05, 4.69) is 4.98 Å². The first kappa shape index (κ1) is 23.6. The van der Waals surface area contributed by atoms with Crippen molar-refractivity contribution < 1.29 is 28.6 Å². The summed E-state index contributed by atoms with van der Waals surface area (Å²) in [6.45, 7) is 0. The third-order valence-electron chi connectivity index (χ3n) is 7.32. The van der Waals surface area contributed by atoms with Crippen LogP contribution in [0, 0.1) is 0 Å². The van der Waals surface area contributed by atoms with Crippen LogP contribution in [-0.4, -0.2) is 55.2 Å². The molecule has 6 rings (SSSR count). The monoisotopic (exact) mass is 511 g/mol. The van der Waals surface area contributed by atoms with Gasteiger partial charge >= 0.3 is 12.0 Å². The molecule has 0 radical (unpaired) electrons. The van der Waals surface area contributed by atoms with E-state index in [1.54, 1.807) is 47.4 Å². The quantitative estimate of drug-likeness (QED) is 0.314. The zero-order chi connectivity index (χ0) is 26.6. The average Bonchev–Trinajstić information content (AvgIpc) is 3.45. The number of ether oxygens (including phenoxy) is 3. The molecular formula is C29H25N3O6. The lowest BCUT2D eigenvalue weighted by Crippen LogP contribution is -2.44. The molecule has 38 heavy (non-hydrogen) atoms. The summed E-state index contributed by atoms with van der Waals surface area (Å²) >= 11 is 0. The number of nitrogens with one attached hydrogen (secondary N) is 1. The summed E-state index contributed by atoms with van der Waals surface area (Å²) in [7, 11) is 4.34. The van der Waals surface area contributed by atoms with E-state index in [-0.39, 0.29) is 5.91 Å². The lowest BCUT2D eigenvalue weighted by Gasteiger charge is -2.36. The van der Waals surface area contributed by atoms with E-state index >= 15 is 0 Å². The predicted molar refractivity (Wildman–Crippen MR) is 140 cm³/mol. The number of nitrogens with zero attached hydrogens (tertiary/aromatic N) is 2. The lowest BCUT2D eigenvalue weighted by molar-refractivity contribution is -0.120. The van der Waals surface area contributed by atoms with E-state index in [0.29, 0.717) is 29.2 Å². The molecular weight excluding hydrogens is 486 g/mol.